The summed E-state index contributed by atoms with van der Waals surface area (Å²) in [5.41, 5.74) is 0.956. The Morgan fingerprint density at radius 3 is 2.61 bits per heavy atom. The standard InChI is InChI=1S/C11H14F2N2O3/c1-5-3-6(2)15-10(8(5)11(17)18)14-4-7(16)9(12)13/h3,7,9,16H,4H2,1-2H3,(H,14,15)(H,17,18). The van der Waals surface area contributed by atoms with Gasteiger partial charge in [-0.25, -0.2) is 18.6 Å². The zero-order valence-corrected chi connectivity index (χ0v) is 9.94. The van der Waals surface area contributed by atoms with Gasteiger partial charge >= 0.3 is 5.97 Å². The molecule has 1 rings (SSSR count). The number of anilines is 1. The molecule has 0 fully saturated rings. The number of nitrogens with one attached hydrogen (secondary N) is 1. The lowest BCUT2D eigenvalue weighted by atomic mass is 10.1. The van der Waals surface area contributed by atoms with E-state index in [0.717, 1.165) is 0 Å². The van der Waals surface area contributed by atoms with Crippen LogP contribution in [0.3, 0.4) is 0 Å². The summed E-state index contributed by atoms with van der Waals surface area (Å²) < 4.78 is 24.2. The number of alkyl halides is 2. The van der Waals surface area contributed by atoms with Gasteiger partial charge in [-0.05, 0) is 25.5 Å². The van der Waals surface area contributed by atoms with Crippen molar-refractivity contribution in [2.75, 3.05) is 11.9 Å². The molecule has 0 amide bonds. The molecule has 0 aromatic carbocycles. The number of halogens is 2. The van der Waals surface area contributed by atoms with Crippen LogP contribution in [0.5, 0.6) is 0 Å². The number of pyridine rings is 1. The predicted octanol–water partition coefficient (Wildman–Crippen LogP) is 1.43. The third-order valence-electron chi connectivity index (χ3n) is 2.33. The molecule has 1 heterocycles. The fourth-order valence-corrected chi connectivity index (χ4v) is 1.52. The number of aliphatic hydroxyl groups is 1. The first-order valence-electron chi connectivity index (χ1n) is 5.24. The number of rotatable bonds is 5. The van der Waals surface area contributed by atoms with Crippen LogP contribution in [0.15, 0.2) is 6.07 Å². The zero-order valence-electron chi connectivity index (χ0n) is 9.94. The van der Waals surface area contributed by atoms with E-state index in [1.165, 1.54) is 0 Å². The maximum Gasteiger partial charge on any atom is 0.339 e. The average molecular weight is 260 g/mol. The summed E-state index contributed by atoms with van der Waals surface area (Å²) in [7, 11) is 0. The number of carbonyl (C=O) groups is 1. The van der Waals surface area contributed by atoms with Gasteiger partial charge in [0.05, 0.1) is 0 Å². The molecule has 0 spiro atoms. The monoisotopic (exact) mass is 260 g/mol. The van der Waals surface area contributed by atoms with E-state index in [9.17, 15) is 13.6 Å². The van der Waals surface area contributed by atoms with Crippen LogP contribution in [-0.4, -0.2) is 40.2 Å². The molecule has 0 bridgehead atoms. The van der Waals surface area contributed by atoms with Gasteiger partial charge in [-0.2, -0.15) is 0 Å². The van der Waals surface area contributed by atoms with E-state index in [-0.39, 0.29) is 11.4 Å². The molecule has 0 aliphatic carbocycles. The van der Waals surface area contributed by atoms with Crippen molar-refractivity contribution in [3.63, 3.8) is 0 Å². The SMILES string of the molecule is Cc1cc(C)c(C(=O)O)c(NCC(O)C(F)F)n1. The molecule has 1 aromatic heterocycles. The summed E-state index contributed by atoms with van der Waals surface area (Å²) in [6, 6.07) is 1.58. The Balaban J connectivity index is 2.97. The Morgan fingerprint density at radius 2 is 2.11 bits per heavy atom. The number of hydrogen-bond acceptors (Lipinski definition) is 4. The molecule has 0 aliphatic heterocycles. The highest BCUT2D eigenvalue weighted by Gasteiger charge is 2.20. The Kier molecular flexibility index (Phi) is 4.55. The minimum atomic E-state index is -2.89. The van der Waals surface area contributed by atoms with Crippen molar-refractivity contribution < 1.29 is 23.8 Å². The van der Waals surface area contributed by atoms with Gasteiger partial charge in [0.1, 0.15) is 17.5 Å². The van der Waals surface area contributed by atoms with E-state index in [0.29, 0.717) is 11.3 Å². The van der Waals surface area contributed by atoms with E-state index >= 15 is 0 Å². The van der Waals surface area contributed by atoms with Crippen molar-refractivity contribution in [3.05, 3.63) is 22.9 Å². The van der Waals surface area contributed by atoms with Gasteiger partial charge in [0, 0.05) is 12.2 Å². The van der Waals surface area contributed by atoms with Crippen LogP contribution < -0.4 is 5.32 Å². The van der Waals surface area contributed by atoms with Crippen LogP contribution in [0.1, 0.15) is 21.6 Å². The lowest BCUT2D eigenvalue weighted by Crippen LogP contribution is -2.28. The van der Waals surface area contributed by atoms with Crippen molar-refractivity contribution in [2.24, 2.45) is 0 Å². The summed E-state index contributed by atoms with van der Waals surface area (Å²) in [6.07, 6.45) is -4.76. The number of carboxylic acid groups (broad SMARTS) is 1. The van der Waals surface area contributed by atoms with Crippen molar-refractivity contribution >= 4 is 11.8 Å². The highest BCUT2D eigenvalue weighted by Crippen LogP contribution is 2.19. The summed E-state index contributed by atoms with van der Waals surface area (Å²) in [4.78, 5) is 15.0. The predicted molar refractivity (Wildman–Crippen MR) is 61.2 cm³/mol. The minimum Gasteiger partial charge on any atom is -0.478 e. The maximum absolute atomic E-state index is 12.1. The molecule has 1 atom stereocenters. The molecule has 0 radical (unpaired) electrons. The lowest BCUT2D eigenvalue weighted by Gasteiger charge is -2.14. The van der Waals surface area contributed by atoms with Gasteiger partial charge in [0.25, 0.3) is 6.43 Å². The van der Waals surface area contributed by atoms with E-state index in [4.69, 9.17) is 10.2 Å². The van der Waals surface area contributed by atoms with Gasteiger partial charge in [0.15, 0.2) is 0 Å². The highest BCUT2D eigenvalue weighted by molar-refractivity contribution is 5.94. The number of hydrogen-bond donors (Lipinski definition) is 3. The first-order chi connectivity index (χ1) is 8.32. The molecule has 100 valence electrons. The van der Waals surface area contributed by atoms with E-state index in [2.05, 4.69) is 10.3 Å². The molecule has 18 heavy (non-hydrogen) atoms. The normalized spacial score (nSPS) is 12.6. The molecule has 0 saturated carbocycles. The van der Waals surface area contributed by atoms with Crippen LogP contribution in [-0.2, 0) is 0 Å². The van der Waals surface area contributed by atoms with Crippen LogP contribution in [0.25, 0.3) is 0 Å². The Bertz CT molecular complexity index is 452. The molecular formula is C11H14F2N2O3. The van der Waals surface area contributed by atoms with Gasteiger partial charge < -0.3 is 15.5 Å². The summed E-state index contributed by atoms with van der Waals surface area (Å²) in [6.45, 7) is 2.79. The first kappa shape index (κ1) is 14.3. The quantitative estimate of drug-likeness (QED) is 0.746. The Hall–Kier alpha value is -1.76. The molecule has 5 nitrogen and oxygen atoms in total. The second-order valence-corrected chi connectivity index (χ2v) is 3.89. The van der Waals surface area contributed by atoms with Crippen LogP contribution in [0.4, 0.5) is 14.6 Å². The molecule has 1 unspecified atom stereocenters. The average Bonchev–Trinajstić information content (AvgIpc) is 2.23. The minimum absolute atomic E-state index is 0.0142. The van der Waals surface area contributed by atoms with Crippen molar-refractivity contribution in [1.82, 2.24) is 4.98 Å². The second kappa shape index (κ2) is 5.72. The van der Waals surface area contributed by atoms with Gasteiger partial charge in [-0.3, -0.25) is 0 Å². The Labute approximate surface area is 102 Å². The number of aromatic nitrogens is 1. The molecule has 0 aliphatic rings. The van der Waals surface area contributed by atoms with Gasteiger partial charge in [0.2, 0.25) is 0 Å². The lowest BCUT2D eigenvalue weighted by molar-refractivity contribution is 0.00379. The summed E-state index contributed by atoms with van der Waals surface area (Å²) >= 11 is 0. The van der Waals surface area contributed by atoms with E-state index < -0.39 is 25.0 Å². The number of carboxylic acids is 1. The first-order valence-corrected chi connectivity index (χ1v) is 5.24. The van der Waals surface area contributed by atoms with Crippen molar-refractivity contribution in [2.45, 2.75) is 26.4 Å². The van der Waals surface area contributed by atoms with Crippen LogP contribution in [0.2, 0.25) is 0 Å². The molecule has 7 heteroatoms. The smallest absolute Gasteiger partial charge is 0.339 e. The number of nitrogens with zero attached hydrogens (tertiary/aromatic N) is 1. The van der Waals surface area contributed by atoms with Gasteiger partial charge in [-0.15, -0.1) is 0 Å². The summed E-state index contributed by atoms with van der Waals surface area (Å²) in [5, 5.41) is 20.4. The number of aromatic carboxylic acids is 1. The fraction of sp³-hybridized carbons (Fsp3) is 0.455. The maximum atomic E-state index is 12.1. The van der Waals surface area contributed by atoms with Crippen molar-refractivity contribution in [3.8, 4) is 0 Å². The molecule has 1 aromatic rings. The Morgan fingerprint density at radius 1 is 1.50 bits per heavy atom. The van der Waals surface area contributed by atoms with Gasteiger partial charge in [-0.1, -0.05) is 0 Å². The third kappa shape index (κ3) is 3.36. The molecule has 3 N–H and O–H groups in total. The fourth-order valence-electron chi connectivity index (χ4n) is 1.52. The van der Waals surface area contributed by atoms with Crippen LogP contribution in [0, 0.1) is 13.8 Å². The number of aliphatic hydroxyl groups excluding tert-OH is 1. The van der Waals surface area contributed by atoms with E-state index in [1.54, 1.807) is 19.9 Å². The largest absolute Gasteiger partial charge is 0.478 e. The topological polar surface area (TPSA) is 82.5 Å². The molecule has 0 saturated heterocycles. The number of aryl methyl sites for hydroxylation is 2. The third-order valence-corrected chi connectivity index (χ3v) is 2.33. The second-order valence-electron chi connectivity index (χ2n) is 3.89. The van der Waals surface area contributed by atoms with E-state index in [1.807, 2.05) is 0 Å². The van der Waals surface area contributed by atoms with Crippen molar-refractivity contribution in [1.29, 1.82) is 0 Å². The highest BCUT2D eigenvalue weighted by atomic mass is 19.3. The summed E-state index contributed by atoms with van der Waals surface area (Å²) in [5.74, 6) is -1.21. The zero-order chi connectivity index (χ0) is 13.9. The molecular weight excluding hydrogens is 246 g/mol. The van der Waals surface area contributed by atoms with Crippen LogP contribution >= 0.6 is 0 Å².